The third-order valence-electron chi connectivity index (χ3n) is 1.29. The Labute approximate surface area is 80.3 Å². The molecule has 66 valence electrons. The largest absolute Gasteiger partial charge is 0.491 e. The van der Waals surface area contributed by atoms with E-state index >= 15 is 0 Å². The molecule has 1 aromatic carbocycles. The van der Waals surface area contributed by atoms with Gasteiger partial charge in [0, 0.05) is 4.47 Å². The van der Waals surface area contributed by atoms with Crippen LogP contribution in [0.5, 0.6) is 5.75 Å². The van der Waals surface area contributed by atoms with E-state index in [2.05, 4.69) is 15.9 Å². The zero-order chi connectivity index (χ0) is 8.97. The number of rotatable bonds is 3. The van der Waals surface area contributed by atoms with Gasteiger partial charge in [-0.15, -0.1) is 0 Å². The van der Waals surface area contributed by atoms with Crippen LogP contribution in [0.4, 0.5) is 0 Å². The van der Waals surface area contributed by atoms with Gasteiger partial charge in [-0.2, -0.15) is 0 Å². The topological polar surface area (TPSA) is 29.5 Å². The van der Waals surface area contributed by atoms with E-state index in [1.165, 1.54) is 0 Å². The molecule has 0 radical (unpaired) electrons. The summed E-state index contributed by atoms with van der Waals surface area (Å²) in [5.74, 6) is 0.769. The monoisotopic (exact) mass is 230 g/mol. The normalized spacial score (nSPS) is 12.6. The number of hydrogen-bond acceptors (Lipinski definition) is 2. The van der Waals surface area contributed by atoms with Crippen molar-refractivity contribution in [1.82, 2.24) is 0 Å². The Balaban J connectivity index is 2.52. The van der Waals surface area contributed by atoms with Gasteiger partial charge in [-0.1, -0.05) is 22.0 Å². The number of aliphatic hydroxyl groups is 1. The summed E-state index contributed by atoms with van der Waals surface area (Å²) in [4.78, 5) is 0. The van der Waals surface area contributed by atoms with Crippen molar-refractivity contribution in [2.24, 2.45) is 0 Å². The average Bonchev–Trinajstić information content (AvgIpc) is 2.01. The van der Waals surface area contributed by atoms with Gasteiger partial charge in [0.15, 0.2) is 0 Å². The Morgan fingerprint density at radius 1 is 1.58 bits per heavy atom. The molecule has 3 heteroatoms. The molecular formula is C9H11BrO2. The first-order chi connectivity index (χ1) is 5.68. The molecule has 1 atom stereocenters. The van der Waals surface area contributed by atoms with E-state index in [1.807, 2.05) is 24.3 Å². The lowest BCUT2D eigenvalue weighted by Gasteiger charge is -2.07. The molecule has 0 spiro atoms. The molecule has 0 amide bonds. The highest BCUT2D eigenvalue weighted by Gasteiger charge is 1.97. The van der Waals surface area contributed by atoms with Crippen LogP contribution in [-0.2, 0) is 0 Å². The first-order valence-corrected chi connectivity index (χ1v) is 4.54. The van der Waals surface area contributed by atoms with Gasteiger partial charge < -0.3 is 9.84 Å². The van der Waals surface area contributed by atoms with Gasteiger partial charge in [-0.05, 0) is 25.1 Å². The minimum atomic E-state index is -0.427. The van der Waals surface area contributed by atoms with Gasteiger partial charge >= 0.3 is 0 Å². The fourth-order valence-corrected chi connectivity index (χ4v) is 1.15. The van der Waals surface area contributed by atoms with Crippen LogP contribution in [0.15, 0.2) is 28.7 Å². The highest BCUT2D eigenvalue weighted by Crippen LogP contribution is 2.17. The van der Waals surface area contributed by atoms with Crippen LogP contribution < -0.4 is 4.74 Å². The summed E-state index contributed by atoms with van der Waals surface area (Å²) in [5.41, 5.74) is 0. The maximum atomic E-state index is 8.95. The van der Waals surface area contributed by atoms with Crippen LogP contribution in [0.1, 0.15) is 6.92 Å². The van der Waals surface area contributed by atoms with Crippen LogP contribution in [0.2, 0.25) is 0 Å². The van der Waals surface area contributed by atoms with Crippen LogP contribution in [0.25, 0.3) is 0 Å². The third kappa shape index (κ3) is 3.24. The number of aliphatic hydroxyl groups excluding tert-OH is 1. The van der Waals surface area contributed by atoms with Crippen molar-refractivity contribution in [2.45, 2.75) is 13.0 Å². The summed E-state index contributed by atoms with van der Waals surface area (Å²) in [6, 6.07) is 7.53. The minimum absolute atomic E-state index is 0.330. The quantitative estimate of drug-likeness (QED) is 0.864. The summed E-state index contributed by atoms with van der Waals surface area (Å²) < 4.78 is 6.25. The number of benzene rings is 1. The smallest absolute Gasteiger partial charge is 0.120 e. The van der Waals surface area contributed by atoms with Crippen molar-refractivity contribution >= 4 is 15.9 Å². The Hall–Kier alpha value is -0.540. The number of ether oxygens (including phenoxy) is 1. The zero-order valence-corrected chi connectivity index (χ0v) is 8.41. The predicted molar refractivity (Wildman–Crippen MR) is 51.3 cm³/mol. The van der Waals surface area contributed by atoms with E-state index < -0.39 is 6.10 Å². The summed E-state index contributed by atoms with van der Waals surface area (Å²) in [5, 5.41) is 8.95. The molecule has 1 N–H and O–H groups in total. The van der Waals surface area contributed by atoms with Gasteiger partial charge in [0.25, 0.3) is 0 Å². The maximum Gasteiger partial charge on any atom is 0.120 e. The van der Waals surface area contributed by atoms with E-state index in [4.69, 9.17) is 9.84 Å². The van der Waals surface area contributed by atoms with E-state index in [1.54, 1.807) is 6.92 Å². The Morgan fingerprint density at radius 3 is 2.92 bits per heavy atom. The Morgan fingerprint density at radius 2 is 2.33 bits per heavy atom. The molecule has 0 heterocycles. The van der Waals surface area contributed by atoms with Crippen molar-refractivity contribution in [2.75, 3.05) is 6.61 Å². The SMILES string of the molecule is C[C@H](O)COc1cccc(Br)c1. The van der Waals surface area contributed by atoms with E-state index in [9.17, 15) is 0 Å². The van der Waals surface area contributed by atoms with Crippen LogP contribution in [0, 0.1) is 0 Å². The van der Waals surface area contributed by atoms with E-state index in [0.29, 0.717) is 6.61 Å². The van der Waals surface area contributed by atoms with Crippen LogP contribution in [-0.4, -0.2) is 17.8 Å². The second-order valence-electron chi connectivity index (χ2n) is 2.62. The third-order valence-corrected chi connectivity index (χ3v) is 1.78. The minimum Gasteiger partial charge on any atom is -0.491 e. The number of halogens is 1. The fraction of sp³-hybridized carbons (Fsp3) is 0.333. The second-order valence-corrected chi connectivity index (χ2v) is 3.53. The van der Waals surface area contributed by atoms with Gasteiger partial charge in [-0.3, -0.25) is 0 Å². The molecule has 0 saturated heterocycles. The summed E-state index contributed by atoms with van der Waals surface area (Å²) >= 11 is 3.33. The molecule has 1 rings (SSSR count). The first-order valence-electron chi connectivity index (χ1n) is 3.75. The van der Waals surface area contributed by atoms with Crippen molar-refractivity contribution < 1.29 is 9.84 Å². The molecule has 2 nitrogen and oxygen atoms in total. The highest BCUT2D eigenvalue weighted by molar-refractivity contribution is 9.10. The molecule has 0 aliphatic rings. The maximum absolute atomic E-state index is 8.95. The zero-order valence-electron chi connectivity index (χ0n) is 6.83. The summed E-state index contributed by atoms with van der Waals surface area (Å²) in [6.45, 7) is 2.02. The van der Waals surface area contributed by atoms with Gasteiger partial charge in [0.2, 0.25) is 0 Å². The van der Waals surface area contributed by atoms with Gasteiger partial charge in [-0.25, -0.2) is 0 Å². The van der Waals surface area contributed by atoms with Crippen molar-refractivity contribution in [1.29, 1.82) is 0 Å². The standard InChI is InChI=1S/C9H11BrO2/c1-7(11)6-12-9-4-2-3-8(10)5-9/h2-5,7,11H,6H2,1H3/t7-/m0/s1. The lowest BCUT2D eigenvalue weighted by molar-refractivity contribution is 0.122. The lowest BCUT2D eigenvalue weighted by atomic mass is 10.3. The lowest BCUT2D eigenvalue weighted by Crippen LogP contribution is -2.12. The molecule has 0 aromatic heterocycles. The molecule has 0 saturated carbocycles. The Kier molecular flexibility index (Phi) is 3.56. The molecule has 0 unspecified atom stereocenters. The number of hydrogen-bond donors (Lipinski definition) is 1. The van der Waals surface area contributed by atoms with E-state index in [-0.39, 0.29) is 0 Å². The predicted octanol–water partition coefficient (Wildman–Crippen LogP) is 2.21. The van der Waals surface area contributed by atoms with Gasteiger partial charge in [0.1, 0.15) is 12.4 Å². The first kappa shape index (κ1) is 9.55. The molecule has 12 heavy (non-hydrogen) atoms. The Bertz CT molecular complexity index is 248. The average molecular weight is 231 g/mol. The van der Waals surface area contributed by atoms with Crippen LogP contribution >= 0.6 is 15.9 Å². The van der Waals surface area contributed by atoms with Crippen molar-refractivity contribution in [3.8, 4) is 5.75 Å². The van der Waals surface area contributed by atoms with Gasteiger partial charge in [0.05, 0.1) is 6.10 Å². The molecule has 1 aromatic rings. The molecular weight excluding hydrogens is 220 g/mol. The molecule has 0 fully saturated rings. The molecule has 0 aliphatic heterocycles. The van der Waals surface area contributed by atoms with E-state index in [0.717, 1.165) is 10.2 Å². The molecule has 0 aliphatic carbocycles. The summed E-state index contributed by atoms with van der Waals surface area (Å²) in [7, 11) is 0. The highest BCUT2D eigenvalue weighted by atomic mass is 79.9. The van der Waals surface area contributed by atoms with Crippen LogP contribution in [0.3, 0.4) is 0 Å². The van der Waals surface area contributed by atoms with Crippen molar-refractivity contribution in [3.05, 3.63) is 28.7 Å². The van der Waals surface area contributed by atoms with Crippen molar-refractivity contribution in [3.63, 3.8) is 0 Å². The summed E-state index contributed by atoms with van der Waals surface area (Å²) in [6.07, 6.45) is -0.427. The fourth-order valence-electron chi connectivity index (χ4n) is 0.774. The molecule has 0 bridgehead atoms. The second kappa shape index (κ2) is 4.48.